The van der Waals surface area contributed by atoms with E-state index in [-0.39, 0.29) is 12.1 Å². The van der Waals surface area contributed by atoms with Gasteiger partial charge in [0, 0.05) is 19.3 Å². The molecule has 0 heterocycles. The molecule has 0 aliphatic carbocycles. The second-order valence-corrected chi connectivity index (χ2v) is 3.82. The third-order valence-corrected chi connectivity index (χ3v) is 2.73. The third-order valence-electron chi connectivity index (χ3n) is 2.73. The lowest BCUT2D eigenvalue weighted by Gasteiger charge is -2.32. The van der Waals surface area contributed by atoms with Crippen molar-refractivity contribution in [2.75, 3.05) is 26.9 Å². The van der Waals surface area contributed by atoms with Gasteiger partial charge in [-0.1, -0.05) is 13.8 Å². The number of nitrogens with one attached hydrogen (secondary N) is 1. The van der Waals surface area contributed by atoms with E-state index in [1.54, 1.807) is 7.11 Å². The molecule has 0 amide bonds. The fraction of sp³-hybridized carbons (Fsp3) is 1.00. The summed E-state index contributed by atoms with van der Waals surface area (Å²) in [5.41, 5.74) is -0.0887. The van der Waals surface area contributed by atoms with Crippen LogP contribution in [0.3, 0.4) is 0 Å². The fourth-order valence-electron chi connectivity index (χ4n) is 1.58. The highest BCUT2D eigenvalue weighted by Gasteiger charge is 2.25. The number of ether oxygens (including phenoxy) is 1. The molecule has 0 saturated carbocycles. The predicted octanol–water partition coefficient (Wildman–Crippen LogP) is 1.55. The van der Waals surface area contributed by atoms with Gasteiger partial charge in [-0.2, -0.15) is 0 Å². The SMILES string of the molecule is CCCNC(CC)(CO)CCCOC. The third kappa shape index (κ3) is 4.94. The quantitative estimate of drug-likeness (QED) is 0.559. The van der Waals surface area contributed by atoms with Crippen LogP contribution in [0, 0.1) is 0 Å². The van der Waals surface area contributed by atoms with Crippen molar-refractivity contribution in [1.82, 2.24) is 5.32 Å². The molecule has 3 heteroatoms. The lowest BCUT2D eigenvalue weighted by atomic mass is 9.91. The van der Waals surface area contributed by atoms with Crippen LogP contribution in [0.4, 0.5) is 0 Å². The predicted molar refractivity (Wildman–Crippen MR) is 59.5 cm³/mol. The molecule has 0 radical (unpaired) electrons. The van der Waals surface area contributed by atoms with Gasteiger partial charge in [-0.05, 0) is 32.2 Å². The summed E-state index contributed by atoms with van der Waals surface area (Å²) in [6.45, 7) is 6.22. The van der Waals surface area contributed by atoms with Crippen molar-refractivity contribution in [3.63, 3.8) is 0 Å². The lowest BCUT2D eigenvalue weighted by Crippen LogP contribution is -2.48. The number of aliphatic hydroxyl groups is 1. The second kappa shape index (κ2) is 8.21. The fourth-order valence-corrected chi connectivity index (χ4v) is 1.58. The number of hydrogen-bond donors (Lipinski definition) is 2. The first-order valence-corrected chi connectivity index (χ1v) is 5.59. The molecule has 0 aromatic rings. The van der Waals surface area contributed by atoms with Gasteiger partial charge in [0.2, 0.25) is 0 Å². The van der Waals surface area contributed by atoms with Gasteiger partial charge in [0.15, 0.2) is 0 Å². The molecule has 0 fully saturated rings. The molecule has 0 aliphatic rings. The zero-order chi connectivity index (χ0) is 10.9. The minimum atomic E-state index is -0.0887. The maximum absolute atomic E-state index is 9.40. The van der Waals surface area contributed by atoms with E-state index in [0.29, 0.717) is 0 Å². The largest absolute Gasteiger partial charge is 0.394 e. The van der Waals surface area contributed by atoms with E-state index in [1.807, 2.05) is 0 Å². The Morgan fingerprint density at radius 3 is 2.50 bits per heavy atom. The average molecular weight is 203 g/mol. The maximum atomic E-state index is 9.40. The molecule has 2 N–H and O–H groups in total. The van der Waals surface area contributed by atoms with Crippen molar-refractivity contribution >= 4 is 0 Å². The van der Waals surface area contributed by atoms with E-state index in [0.717, 1.165) is 38.8 Å². The molecule has 0 bridgehead atoms. The Kier molecular flexibility index (Phi) is 8.14. The second-order valence-electron chi connectivity index (χ2n) is 3.82. The highest BCUT2D eigenvalue weighted by Crippen LogP contribution is 2.16. The van der Waals surface area contributed by atoms with Crippen LogP contribution in [0.1, 0.15) is 39.5 Å². The molecule has 0 aromatic heterocycles. The van der Waals surface area contributed by atoms with Crippen LogP contribution in [0.2, 0.25) is 0 Å². The molecule has 0 saturated heterocycles. The van der Waals surface area contributed by atoms with E-state index in [1.165, 1.54) is 0 Å². The van der Waals surface area contributed by atoms with Crippen LogP contribution in [-0.2, 0) is 4.74 Å². The lowest BCUT2D eigenvalue weighted by molar-refractivity contribution is 0.125. The topological polar surface area (TPSA) is 41.5 Å². The van der Waals surface area contributed by atoms with Crippen LogP contribution >= 0.6 is 0 Å². The number of methoxy groups -OCH3 is 1. The number of aliphatic hydroxyl groups excluding tert-OH is 1. The molecule has 0 aromatic carbocycles. The maximum Gasteiger partial charge on any atom is 0.0613 e. The van der Waals surface area contributed by atoms with Crippen molar-refractivity contribution < 1.29 is 9.84 Å². The monoisotopic (exact) mass is 203 g/mol. The van der Waals surface area contributed by atoms with Crippen molar-refractivity contribution in [3.8, 4) is 0 Å². The first kappa shape index (κ1) is 13.9. The summed E-state index contributed by atoms with van der Waals surface area (Å²) in [5.74, 6) is 0. The van der Waals surface area contributed by atoms with Crippen LogP contribution < -0.4 is 5.32 Å². The highest BCUT2D eigenvalue weighted by molar-refractivity contribution is 4.85. The normalized spacial score (nSPS) is 15.4. The van der Waals surface area contributed by atoms with E-state index in [4.69, 9.17) is 4.74 Å². The Bertz CT molecular complexity index is 124. The van der Waals surface area contributed by atoms with Crippen LogP contribution in [-0.4, -0.2) is 37.5 Å². The molecule has 86 valence electrons. The summed E-state index contributed by atoms with van der Waals surface area (Å²) < 4.78 is 5.02. The van der Waals surface area contributed by atoms with E-state index in [9.17, 15) is 5.11 Å². The summed E-state index contributed by atoms with van der Waals surface area (Å²) in [6, 6.07) is 0. The van der Waals surface area contributed by atoms with Crippen LogP contribution in [0.25, 0.3) is 0 Å². The van der Waals surface area contributed by atoms with Crippen LogP contribution in [0.15, 0.2) is 0 Å². The zero-order valence-electron chi connectivity index (χ0n) is 9.81. The summed E-state index contributed by atoms with van der Waals surface area (Å²) >= 11 is 0. The van der Waals surface area contributed by atoms with Gasteiger partial charge >= 0.3 is 0 Å². The van der Waals surface area contributed by atoms with Gasteiger partial charge in [0.25, 0.3) is 0 Å². The molecule has 1 atom stereocenters. The van der Waals surface area contributed by atoms with Gasteiger partial charge in [-0.3, -0.25) is 0 Å². The number of rotatable bonds is 9. The van der Waals surface area contributed by atoms with E-state index >= 15 is 0 Å². The van der Waals surface area contributed by atoms with Gasteiger partial charge < -0.3 is 15.2 Å². The summed E-state index contributed by atoms with van der Waals surface area (Å²) in [6.07, 6.45) is 4.05. The van der Waals surface area contributed by atoms with E-state index in [2.05, 4.69) is 19.2 Å². The standard InChI is InChI=1S/C11H25NO2/c1-4-8-12-11(5-2,10-13)7-6-9-14-3/h12-13H,4-10H2,1-3H3. The van der Waals surface area contributed by atoms with Crippen molar-refractivity contribution in [2.24, 2.45) is 0 Å². The zero-order valence-corrected chi connectivity index (χ0v) is 9.81. The van der Waals surface area contributed by atoms with Gasteiger partial charge in [0.05, 0.1) is 6.61 Å². The van der Waals surface area contributed by atoms with Gasteiger partial charge in [0.1, 0.15) is 0 Å². The molecular formula is C11H25NO2. The Morgan fingerprint density at radius 1 is 1.36 bits per heavy atom. The average Bonchev–Trinajstić information content (AvgIpc) is 2.24. The van der Waals surface area contributed by atoms with Crippen molar-refractivity contribution in [2.45, 2.75) is 45.1 Å². The Balaban J connectivity index is 3.94. The van der Waals surface area contributed by atoms with Gasteiger partial charge in [-0.15, -0.1) is 0 Å². The molecule has 0 aliphatic heterocycles. The minimum Gasteiger partial charge on any atom is -0.394 e. The number of hydrogen-bond acceptors (Lipinski definition) is 3. The van der Waals surface area contributed by atoms with E-state index < -0.39 is 0 Å². The first-order valence-electron chi connectivity index (χ1n) is 5.59. The summed E-state index contributed by atoms with van der Waals surface area (Å²) in [4.78, 5) is 0. The Labute approximate surface area is 87.8 Å². The molecule has 0 spiro atoms. The Hall–Kier alpha value is -0.120. The summed E-state index contributed by atoms with van der Waals surface area (Å²) in [5, 5.41) is 12.8. The first-order chi connectivity index (χ1) is 6.74. The van der Waals surface area contributed by atoms with Gasteiger partial charge in [-0.25, -0.2) is 0 Å². The highest BCUT2D eigenvalue weighted by atomic mass is 16.5. The van der Waals surface area contributed by atoms with Crippen molar-refractivity contribution in [1.29, 1.82) is 0 Å². The molecule has 14 heavy (non-hydrogen) atoms. The smallest absolute Gasteiger partial charge is 0.0613 e. The minimum absolute atomic E-state index is 0.0887. The summed E-state index contributed by atoms with van der Waals surface area (Å²) in [7, 11) is 1.71. The molecular weight excluding hydrogens is 178 g/mol. The molecule has 1 unspecified atom stereocenters. The van der Waals surface area contributed by atoms with Crippen LogP contribution in [0.5, 0.6) is 0 Å². The Morgan fingerprint density at radius 2 is 2.07 bits per heavy atom. The van der Waals surface area contributed by atoms with Crippen molar-refractivity contribution in [3.05, 3.63) is 0 Å². The molecule has 0 rings (SSSR count). The molecule has 3 nitrogen and oxygen atoms in total.